The fourth-order valence-corrected chi connectivity index (χ4v) is 2.35. The quantitative estimate of drug-likeness (QED) is 0.507. The van der Waals surface area contributed by atoms with Crippen molar-refractivity contribution in [1.29, 1.82) is 0 Å². The van der Waals surface area contributed by atoms with Crippen LogP contribution in [-0.4, -0.2) is 25.8 Å². The summed E-state index contributed by atoms with van der Waals surface area (Å²) in [5.74, 6) is -0.574. The molecule has 1 aromatic carbocycles. The first-order valence-electron chi connectivity index (χ1n) is 5.70. The van der Waals surface area contributed by atoms with Crippen LogP contribution < -0.4 is 5.32 Å². The second-order valence-corrected chi connectivity index (χ2v) is 6.63. The van der Waals surface area contributed by atoms with Gasteiger partial charge in [-0.2, -0.15) is 0 Å². The maximum absolute atomic E-state index is 11.9. The highest BCUT2D eigenvalue weighted by Crippen LogP contribution is 2.28. The molecule has 0 aliphatic rings. The van der Waals surface area contributed by atoms with Gasteiger partial charge in [0, 0.05) is 28.9 Å². The molecule has 1 amide bonds. The molecule has 0 aromatic heterocycles. The lowest BCUT2D eigenvalue weighted by molar-refractivity contribution is -0.385. The Labute approximate surface area is 120 Å². The minimum absolute atomic E-state index is 0.0770. The van der Waals surface area contributed by atoms with E-state index in [4.69, 9.17) is 10.7 Å². The lowest BCUT2D eigenvalue weighted by atomic mass is 10.1. The van der Waals surface area contributed by atoms with Gasteiger partial charge < -0.3 is 5.32 Å². The predicted molar refractivity (Wildman–Crippen MR) is 73.5 cm³/mol. The molecule has 1 aromatic rings. The van der Waals surface area contributed by atoms with E-state index in [1.54, 1.807) is 0 Å². The van der Waals surface area contributed by atoms with Crippen molar-refractivity contribution in [2.24, 2.45) is 0 Å². The summed E-state index contributed by atoms with van der Waals surface area (Å²) in [6.45, 7) is 3.60. The summed E-state index contributed by atoms with van der Waals surface area (Å²) < 4.78 is 22.6. The maximum Gasteiger partial charge on any atom is 0.274 e. The van der Waals surface area contributed by atoms with Crippen LogP contribution in [0.25, 0.3) is 0 Å². The van der Waals surface area contributed by atoms with Gasteiger partial charge in [-0.1, -0.05) is 6.92 Å². The number of halogens is 1. The molecule has 1 rings (SSSR count). The number of carbonyl (C=O) groups excluding carboxylic acids is 1. The third-order valence-electron chi connectivity index (χ3n) is 2.61. The van der Waals surface area contributed by atoms with Crippen LogP contribution in [0, 0.1) is 17.0 Å². The molecular formula is C11H13ClN2O5S. The van der Waals surface area contributed by atoms with E-state index < -0.39 is 30.5 Å². The van der Waals surface area contributed by atoms with Crippen LogP contribution in [0.3, 0.4) is 0 Å². The Balaban J connectivity index is 3.46. The zero-order chi connectivity index (χ0) is 15.5. The van der Waals surface area contributed by atoms with Gasteiger partial charge in [0.05, 0.1) is 15.4 Å². The van der Waals surface area contributed by atoms with Crippen LogP contribution in [0.5, 0.6) is 0 Å². The van der Waals surface area contributed by atoms with E-state index in [-0.39, 0.29) is 11.1 Å². The minimum atomic E-state index is -4.16. The number of nitrogens with one attached hydrogen (secondary N) is 1. The molecular weight excluding hydrogens is 308 g/mol. The van der Waals surface area contributed by atoms with Crippen LogP contribution in [-0.2, 0) is 9.05 Å². The average molecular weight is 321 g/mol. The van der Waals surface area contributed by atoms with Gasteiger partial charge in [0.15, 0.2) is 0 Å². The van der Waals surface area contributed by atoms with Crippen LogP contribution in [0.4, 0.5) is 5.69 Å². The summed E-state index contributed by atoms with van der Waals surface area (Å²) >= 11 is 0. The van der Waals surface area contributed by atoms with Crippen LogP contribution in [0.1, 0.15) is 29.3 Å². The molecule has 20 heavy (non-hydrogen) atoms. The summed E-state index contributed by atoms with van der Waals surface area (Å²) in [6.07, 6.45) is 0.681. The third kappa shape index (κ3) is 3.67. The molecule has 0 aliphatic carbocycles. The van der Waals surface area contributed by atoms with Gasteiger partial charge in [-0.25, -0.2) is 8.42 Å². The van der Waals surface area contributed by atoms with Crippen molar-refractivity contribution >= 4 is 31.3 Å². The van der Waals surface area contributed by atoms with Crippen molar-refractivity contribution in [2.75, 3.05) is 6.54 Å². The van der Waals surface area contributed by atoms with Gasteiger partial charge in [-0.15, -0.1) is 0 Å². The van der Waals surface area contributed by atoms with E-state index in [1.807, 2.05) is 6.92 Å². The number of hydrogen-bond donors (Lipinski definition) is 1. The summed E-state index contributed by atoms with van der Waals surface area (Å²) in [5.41, 5.74) is -0.451. The van der Waals surface area contributed by atoms with Crippen LogP contribution >= 0.6 is 10.7 Å². The Kier molecular flexibility index (Phi) is 5.07. The Morgan fingerprint density at radius 2 is 2.05 bits per heavy atom. The first kappa shape index (κ1) is 16.4. The number of nitro groups is 1. The smallest absolute Gasteiger partial charge is 0.274 e. The van der Waals surface area contributed by atoms with Crippen molar-refractivity contribution in [2.45, 2.75) is 25.2 Å². The number of benzene rings is 1. The molecule has 0 heterocycles. The number of rotatable bonds is 5. The maximum atomic E-state index is 11.9. The Bertz CT molecular complexity index is 657. The third-order valence-corrected chi connectivity index (χ3v) is 3.95. The second-order valence-electron chi connectivity index (χ2n) is 4.07. The second kappa shape index (κ2) is 6.19. The molecule has 0 spiro atoms. The van der Waals surface area contributed by atoms with E-state index in [0.717, 1.165) is 12.1 Å². The lowest BCUT2D eigenvalue weighted by Crippen LogP contribution is -2.25. The summed E-state index contributed by atoms with van der Waals surface area (Å²) in [7, 11) is 1.02. The number of carbonyl (C=O) groups is 1. The normalized spacial score (nSPS) is 11.2. The van der Waals surface area contributed by atoms with E-state index >= 15 is 0 Å². The molecule has 0 radical (unpaired) electrons. The van der Waals surface area contributed by atoms with Gasteiger partial charge >= 0.3 is 0 Å². The molecule has 0 bridgehead atoms. The highest BCUT2D eigenvalue weighted by Gasteiger charge is 2.24. The van der Waals surface area contributed by atoms with Gasteiger partial charge in [0.25, 0.3) is 20.6 Å². The van der Waals surface area contributed by atoms with Crippen molar-refractivity contribution in [3.05, 3.63) is 33.4 Å². The highest BCUT2D eigenvalue weighted by atomic mass is 35.7. The van der Waals surface area contributed by atoms with E-state index in [1.165, 1.54) is 6.92 Å². The SMILES string of the molecule is CCCNC(=O)c1cc(S(=O)(=O)Cl)cc([N+](=O)[O-])c1C. The standard InChI is InChI=1S/C11H13ClN2O5S/c1-3-4-13-11(15)9-5-8(20(12,18)19)6-10(7(9)2)14(16)17/h5-6H,3-4H2,1-2H3,(H,13,15). The van der Waals surface area contributed by atoms with Crippen molar-refractivity contribution in [1.82, 2.24) is 5.32 Å². The molecule has 110 valence electrons. The number of nitrogens with zero attached hydrogens (tertiary/aromatic N) is 1. The molecule has 0 saturated heterocycles. The summed E-state index contributed by atoms with van der Waals surface area (Å²) in [6, 6.07) is 1.88. The van der Waals surface area contributed by atoms with Crippen LogP contribution in [0.2, 0.25) is 0 Å². The summed E-state index contributed by atoms with van der Waals surface area (Å²) in [4.78, 5) is 21.6. The Morgan fingerprint density at radius 3 is 2.50 bits per heavy atom. The molecule has 0 fully saturated rings. The number of amides is 1. The topological polar surface area (TPSA) is 106 Å². The van der Waals surface area contributed by atoms with E-state index in [0.29, 0.717) is 13.0 Å². The number of hydrogen-bond acceptors (Lipinski definition) is 5. The molecule has 0 atom stereocenters. The largest absolute Gasteiger partial charge is 0.352 e. The van der Waals surface area contributed by atoms with Crippen molar-refractivity contribution in [3.8, 4) is 0 Å². The van der Waals surface area contributed by atoms with E-state index in [2.05, 4.69) is 5.32 Å². The fourth-order valence-electron chi connectivity index (χ4n) is 1.57. The molecule has 0 saturated carbocycles. The molecule has 9 heteroatoms. The average Bonchev–Trinajstić information content (AvgIpc) is 2.34. The van der Waals surface area contributed by atoms with Crippen molar-refractivity contribution in [3.63, 3.8) is 0 Å². The molecule has 0 unspecified atom stereocenters. The molecule has 0 aliphatic heterocycles. The van der Waals surface area contributed by atoms with Gasteiger partial charge in [0.2, 0.25) is 0 Å². The van der Waals surface area contributed by atoms with Gasteiger partial charge in [-0.3, -0.25) is 14.9 Å². The Hall–Kier alpha value is -1.67. The predicted octanol–water partition coefficient (Wildman–Crippen LogP) is 1.97. The first-order valence-corrected chi connectivity index (χ1v) is 8.01. The van der Waals surface area contributed by atoms with Gasteiger partial charge in [0.1, 0.15) is 0 Å². The zero-order valence-electron chi connectivity index (χ0n) is 10.8. The zero-order valence-corrected chi connectivity index (χ0v) is 12.4. The van der Waals surface area contributed by atoms with Crippen LogP contribution in [0.15, 0.2) is 17.0 Å². The fraction of sp³-hybridized carbons (Fsp3) is 0.364. The molecule has 7 nitrogen and oxygen atoms in total. The van der Waals surface area contributed by atoms with Crippen molar-refractivity contribution < 1.29 is 18.1 Å². The van der Waals surface area contributed by atoms with E-state index in [9.17, 15) is 23.3 Å². The first-order chi connectivity index (χ1) is 9.18. The molecule has 1 N–H and O–H groups in total. The Morgan fingerprint density at radius 1 is 1.45 bits per heavy atom. The lowest BCUT2D eigenvalue weighted by Gasteiger charge is -2.09. The monoisotopic (exact) mass is 320 g/mol. The van der Waals surface area contributed by atoms with Gasteiger partial charge in [-0.05, 0) is 19.4 Å². The highest BCUT2D eigenvalue weighted by molar-refractivity contribution is 8.13. The number of nitro benzene ring substituents is 1. The summed E-state index contributed by atoms with van der Waals surface area (Å²) in [5, 5.41) is 13.5. The minimum Gasteiger partial charge on any atom is -0.352 e.